The molecule has 100 valence electrons. The zero-order valence-electron chi connectivity index (χ0n) is 10.6. The summed E-state index contributed by atoms with van der Waals surface area (Å²) >= 11 is 5.26. The number of thiophene rings is 1. The van der Waals surface area contributed by atoms with Gasteiger partial charge in [0.2, 0.25) is 0 Å². The average molecular weight is 338 g/mol. The van der Waals surface area contributed by atoms with Gasteiger partial charge in [0.25, 0.3) is 0 Å². The highest BCUT2D eigenvalue weighted by Gasteiger charge is 2.11. The first-order chi connectivity index (χ1) is 9.31. The summed E-state index contributed by atoms with van der Waals surface area (Å²) in [5.74, 6) is 1.07. The number of rotatable bonds is 5. The van der Waals surface area contributed by atoms with E-state index in [1.807, 2.05) is 0 Å². The zero-order valence-corrected chi connectivity index (χ0v) is 13.0. The minimum absolute atomic E-state index is 0.838. The smallest absolute Gasteiger partial charge is 0.122 e. The standard InChI is InChI=1S/C15H16BrNOS/c16-13-8-14(19-10-13)9-17-5-3-11-1-2-15-12(7-11)4-6-18-15/h1-2,7-8,10,17H,3-6,9H2. The number of benzene rings is 1. The van der Waals surface area contributed by atoms with E-state index in [9.17, 15) is 0 Å². The molecule has 0 aliphatic carbocycles. The lowest BCUT2D eigenvalue weighted by atomic mass is 10.1. The van der Waals surface area contributed by atoms with Crippen molar-refractivity contribution >= 4 is 27.3 Å². The number of nitrogens with one attached hydrogen (secondary N) is 1. The Morgan fingerprint density at radius 1 is 1.32 bits per heavy atom. The van der Waals surface area contributed by atoms with Gasteiger partial charge >= 0.3 is 0 Å². The third-order valence-electron chi connectivity index (χ3n) is 3.27. The van der Waals surface area contributed by atoms with Crippen molar-refractivity contribution in [2.24, 2.45) is 0 Å². The molecule has 0 saturated heterocycles. The Labute approximate surface area is 125 Å². The second-order valence-electron chi connectivity index (χ2n) is 4.70. The van der Waals surface area contributed by atoms with Gasteiger partial charge in [-0.15, -0.1) is 11.3 Å². The fourth-order valence-electron chi connectivity index (χ4n) is 2.29. The van der Waals surface area contributed by atoms with Gasteiger partial charge in [-0.1, -0.05) is 12.1 Å². The summed E-state index contributed by atoms with van der Waals surface area (Å²) in [5.41, 5.74) is 2.75. The molecule has 1 aromatic carbocycles. The summed E-state index contributed by atoms with van der Waals surface area (Å²) in [4.78, 5) is 1.37. The summed E-state index contributed by atoms with van der Waals surface area (Å²) in [6.07, 6.45) is 2.12. The maximum atomic E-state index is 5.52. The van der Waals surface area contributed by atoms with E-state index < -0.39 is 0 Å². The first kappa shape index (κ1) is 13.2. The Morgan fingerprint density at radius 3 is 3.11 bits per heavy atom. The number of hydrogen-bond acceptors (Lipinski definition) is 3. The van der Waals surface area contributed by atoms with Gasteiger partial charge < -0.3 is 10.1 Å². The van der Waals surface area contributed by atoms with Gasteiger partial charge in [0.1, 0.15) is 5.75 Å². The lowest BCUT2D eigenvalue weighted by Gasteiger charge is -2.05. The molecule has 1 aromatic heterocycles. The van der Waals surface area contributed by atoms with Gasteiger partial charge in [-0.3, -0.25) is 0 Å². The van der Waals surface area contributed by atoms with E-state index in [1.54, 1.807) is 11.3 Å². The Balaban J connectivity index is 1.47. The van der Waals surface area contributed by atoms with Crippen LogP contribution in [0.25, 0.3) is 0 Å². The van der Waals surface area contributed by atoms with Crippen molar-refractivity contribution < 1.29 is 4.74 Å². The number of ether oxygens (including phenoxy) is 1. The fourth-order valence-corrected chi connectivity index (χ4v) is 3.71. The van der Waals surface area contributed by atoms with Crippen LogP contribution >= 0.6 is 27.3 Å². The second kappa shape index (κ2) is 6.07. The first-order valence-electron chi connectivity index (χ1n) is 6.49. The van der Waals surface area contributed by atoms with Gasteiger partial charge in [-0.25, -0.2) is 0 Å². The Kier molecular flexibility index (Phi) is 4.21. The maximum Gasteiger partial charge on any atom is 0.122 e. The molecule has 2 nitrogen and oxygen atoms in total. The van der Waals surface area contributed by atoms with E-state index in [-0.39, 0.29) is 0 Å². The van der Waals surface area contributed by atoms with Crippen molar-refractivity contribution in [3.63, 3.8) is 0 Å². The minimum atomic E-state index is 0.838. The summed E-state index contributed by atoms with van der Waals surface area (Å²) in [6.45, 7) is 2.80. The Hall–Kier alpha value is -0.840. The Bertz CT molecular complexity index is 567. The number of fused-ring (bicyclic) bond motifs is 1. The molecule has 0 spiro atoms. The second-order valence-corrected chi connectivity index (χ2v) is 6.61. The molecule has 0 bridgehead atoms. The monoisotopic (exact) mass is 337 g/mol. The van der Waals surface area contributed by atoms with E-state index >= 15 is 0 Å². The van der Waals surface area contributed by atoms with Crippen LogP contribution in [0.15, 0.2) is 34.1 Å². The van der Waals surface area contributed by atoms with Gasteiger partial charge in [0.15, 0.2) is 0 Å². The van der Waals surface area contributed by atoms with E-state index in [4.69, 9.17) is 4.74 Å². The van der Waals surface area contributed by atoms with Crippen LogP contribution in [-0.2, 0) is 19.4 Å². The molecule has 3 rings (SSSR count). The van der Waals surface area contributed by atoms with E-state index in [0.717, 1.165) is 38.3 Å². The number of hydrogen-bond donors (Lipinski definition) is 1. The lowest BCUT2D eigenvalue weighted by Crippen LogP contribution is -2.15. The first-order valence-corrected chi connectivity index (χ1v) is 8.17. The topological polar surface area (TPSA) is 21.3 Å². The van der Waals surface area contributed by atoms with Crippen LogP contribution in [0.1, 0.15) is 16.0 Å². The van der Waals surface area contributed by atoms with Gasteiger partial charge in [0, 0.05) is 27.7 Å². The molecule has 0 saturated carbocycles. The van der Waals surface area contributed by atoms with Gasteiger partial charge in [0.05, 0.1) is 6.61 Å². The van der Waals surface area contributed by atoms with E-state index in [0.29, 0.717) is 0 Å². The third-order valence-corrected chi connectivity index (χ3v) is 4.96. The van der Waals surface area contributed by atoms with Crippen LogP contribution in [0.5, 0.6) is 5.75 Å². The highest BCUT2D eigenvalue weighted by Crippen LogP contribution is 2.26. The van der Waals surface area contributed by atoms with Crippen LogP contribution in [-0.4, -0.2) is 13.2 Å². The van der Waals surface area contributed by atoms with Crippen molar-refractivity contribution in [3.8, 4) is 5.75 Å². The molecule has 1 N–H and O–H groups in total. The molecule has 0 fully saturated rings. The largest absolute Gasteiger partial charge is 0.493 e. The van der Waals surface area contributed by atoms with E-state index in [1.165, 1.54) is 20.5 Å². The van der Waals surface area contributed by atoms with Crippen LogP contribution < -0.4 is 10.1 Å². The molecule has 1 aliphatic rings. The highest BCUT2D eigenvalue weighted by molar-refractivity contribution is 9.10. The van der Waals surface area contributed by atoms with Crippen molar-refractivity contribution in [2.45, 2.75) is 19.4 Å². The molecular formula is C15H16BrNOS. The quantitative estimate of drug-likeness (QED) is 0.838. The van der Waals surface area contributed by atoms with Crippen molar-refractivity contribution in [1.82, 2.24) is 5.32 Å². The predicted molar refractivity (Wildman–Crippen MR) is 83.1 cm³/mol. The molecule has 1 aliphatic heterocycles. The van der Waals surface area contributed by atoms with Crippen LogP contribution in [0.4, 0.5) is 0 Å². The van der Waals surface area contributed by atoms with Gasteiger partial charge in [-0.05, 0) is 52.2 Å². The SMILES string of the molecule is Brc1csc(CNCCc2ccc3c(c2)CCO3)c1. The van der Waals surface area contributed by atoms with Crippen LogP contribution in [0, 0.1) is 0 Å². The summed E-state index contributed by atoms with van der Waals surface area (Å²) in [6, 6.07) is 8.73. The summed E-state index contributed by atoms with van der Waals surface area (Å²) < 4.78 is 6.69. The van der Waals surface area contributed by atoms with Crippen molar-refractivity contribution in [3.05, 3.63) is 50.1 Å². The molecule has 0 atom stereocenters. The molecule has 2 aromatic rings. The normalized spacial score (nSPS) is 13.3. The average Bonchev–Trinajstić information content (AvgIpc) is 3.03. The number of halogens is 1. The minimum Gasteiger partial charge on any atom is -0.493 e. The Morgan fingerprint density at radius 2 is 2.26 bits per heavy atom. The van der Waals surface area contributed by atoms with Crippen molar-refractivity contribution in [2.75, 3.05) is 13.2 Å². The zero-order chi connectivity index (χ0) is 13.1. The molecule has 0 radical (unpaired) electrons. The predicted octanol–water partition coefficient (Wildman–Crippen LogP) is 3.78. The highest BCUT2D eigenvalue weighted by atomic mass is 79.9. The van der Waals surface area contributed by atoms with Crippen LogP contribution in [0.3, 0.4) is 0 Å². The lowest BCUT2D eigenvalue weighted by molar-refractivity contribution is 0.357. The van der Waals surface area contributed by atoms with E-state index in [2.05, 4.69) is 50.9 Å². The molecule has 19 heavy (non-hydrogen) atoms. The molecule has 0 unspecified atom stereocenters. The van der Waals surface area contributed by atoms with Crippen LogP contribution in [0.2, 0.25) is 0 Å². The fraction of sp³-hybridized carbons (Fsp3) is 0.333. The van der Waals surface area contributed by atoms with Crippen molar-refractivity contribution in [1.29, 1.82) is 0 Å². The van der Waals surface area contributed by atoms with Gasteiger partial charge in [-0.2, -0.15) is 0 Å². The third kappa shape index (κ3) is 3.38. The summed E-state index contributed by atoms with van der Waals surface area (Å²) in [5, 5.41) is 5.61. The molecule has 0 amide bonds. The maximum absolute atomic E-state index is 5.52. The molecular weight excluding hydrogens is 322 g/mol. The summed E-state index contributed by atoms with van der Waals surface area (Å²) in [7, 11) is 0. The molecule has 2 heterocycles. The molecule has 4 heteroatoms.